The molecular formula is C8H9N3. The first-order valence-corrected chi connectivity index (χ1v) is 3.38. The molecule has 0 aromatic carbocycles. The lowest BCUT2D eigenvalue weighted by atomic mass is 10.2. The maximum Gasteiger partial charge on any atom is 0.0983 e. The zero-order valence-corrected chi connectivity index (χ0v) is 6.07. The van der Waals surface area contributed by atoms with Crippen molar-refractivity contribution in [2.45, 2.75) is 12.5 Å². The van der Waals surface area contributed by atoms with Crippen molar-refractivity contribution in [3.63, 3.8) is 0 Å². The number of nitrogens with zero attached hydrogens (tertiary/aromatic N) is 2. The summed E-state index contributed by atoms with van der Waals surface area (Å²) >= 11 is 0. The van der Waals surface area contributed by atoms with Crippen molar-refractivity contribution >= 4 is 0 Å². The number of hydrogen-bond acceptors (Lipinski definition) is 3. The first-order chi connectivity index (χ1) is 5.33. The van der Waals surface area contributed by atoms with Crippen molar-refractivity contribution < 1.29 is 0 Å². The molecule has 0 saturated carbocycles. The molecule has 1 aromatic rings. The average molecular weight is 147 g/mol. The minimum absolute atomic E-state index is 0.440. The first kappa shape index (κ1) is 7.70. The molecule has 1 aromatic heterocycles. The van der Waals surface area contributed by atoms with Crippen LogP contribution in [0.25, 0.3) is 0 Å². The summed E-state index contributed by atoms with van der Waals surface area (Å²) in [6, 6.07) is 7.09. The van der Waals surface area contributed by atoms with Crippen molar-refractivity contribution in [1.82, 2.24) is 4.98 Å². The highest BCUT2D eigenvalue weighted by Gasteiger charge is 2.00. The lowest BCUT2D eigenvalue weighted by molar-refractivity contribution is 0.800. The van der Waals surface area contributed by atoms with E-state index in [1.165, 1.54) is 0 Å². The summed E-state index contributed by atoms with van der Waals surface area (Å²) in [5.74, 6) is 0. The van der Waals surface area contributed by atoms with E-state index in [4.69, 9.17) is 11.0 Å². The molecule has 3 nitrogen and oxygen atoms in total. The molecule has 0 aliphatic carbocycles. The molecule has 0 amide bonds. The second kappa shape index (κ2) is 3.69. The maximum absolute atomic E-state index is 8.39. The van der Waals surface area contributed by atoms with Gasteiger partial charge in [-0.3, -0.25) is 4.98 Å². The molecular weight excluding hydrogens is 138 g/mol. The van der Waals surface area contributed by atoms with E-state index in [-0.39, 0.29) is 0 Å². The summed E-state index contributed by atoms with van der Waals surface area (Å²) in [7, 11) is 0. The zero-order valence-electron chi connectivity index (χ0n) is 6.07. The minimum Gasteiger partial charge on any atom is -0.316 e. The van der Waals surface area contributed by atoms with E-state index in [1.54, 1.807) is 6.20 Å². The van der Waals surface area contributed by atoms with Crippen molar-refractivity contribution in [1.29, 1.82) is 5.26 Å². The van der Waals surface area contributed by atoms with Gasteiger partial charge in [0.25, 0.3) is 0 Å². The molecule has 0 bridgehead atoms. The quantitative estimate of drug-likeness (QED) is 0.661. The van der Waals surface area contributed by atoms with Crippen LogP contribution in [0.5, 0.6) is 0 Å². The van der Waals surface area contributed by atoms with Crippen LogP contribution in [0, 0.1) is 11.3 Å². The smallest absolute Gasteiger partial charge is 0.0983 e. The molecule has 11 heavy (non-hydrogen) atoms. The highest BCUT2D eigenvalue weighted by atomic mass is 14.7. The standard InChI is InChI=1S/C8H9N3/c9-6-7(10)5-8-3-1-2-4-11-8/h1-4,7H,5,10H2/t7-/m0/s1. The van der Waals surface area contributed by atoms with E-state index in [0.717, 1.165) is 5.69 Å². The number of nitrogens with two attached hydrogens (primary N) is 1. The van der Waals surface area contributed by atoms with Crippen LogP contribution in [0.4, 0.5) is 0 Å². The molecule has 0 aliphatic heterocycles. The monoisotopic (exact) mass is 147 g/mol. The van der Waals surface area contributed by atoms with Gasteiger partial charge in [-0.05, 0) is 12.1 Å². The third kappa shape index (κ3) is 2.36. The van der Waals surface area contributed by atoms with Crippen LogP contribution in [0.2, 0.25) is 0 Å². The Hall–Kier alpha value is -1.40. The second-order valence-corrected chi connectivity index (χ2v) is 2.26. The molecule has 0 unspecified atom stereocenters. The van der Waals surface area contributed by atoms with Crippen LogP contribution in [-0.4, -0.2) is 11.0 Å². The van der Waals surface area contributed by atoms with Gasteiger partial charge in [-0.1, -0.05) is 6.07 Å². The molecule has 0 saturated heterocycles. The van der Waals surface area contributed by atoms with Gasteiger partial charge >= 0.3 is 0 Å². The van der Waals surface area contributed by atoms with E-state index in [9.17, 15) is 0 Å². The molecule has 1 atom stereocenters. The van der Waals surface area contributed by atoms with Crippen molar-refractivity contribution in [3.05, 3.63) is 30.1 Å². The van der Waals surface area contributed by atoms with Crippen LogP contribution in [-0.2, 0) is 6.42 Å². The van der Waals surface area contributed by atoms with E-state index in [1.807, 2.05) is 24.3 Å². The van der Waals surface area contributed by atoms with Gasteiger partial charge in [-0.15, -0.1) is 0 Å². The Morgan fingerprint density at radius 3 is 3.00 bits per heavy atom. The van der Waals surface area contributed by atoms with Gasteiger partial charge in [0.05, 0.1) is 12.1 Å². The van der Waals surface area contributed by atoms with Gasteiger partial charge in [0.2, 0.25) is 0 Å². The summed E-state index contributed by atoms with van der Waals surface area (Å²) < 4.78 is 0. The Kier molecular flexibility index (Phi) is 2.59. The predicted molar refractivity (Wildman–Crippen MR) is 41.5 cm³/mol. The molecule has 2 N–H and O–H groups in total. The van der Waals surface area contributed by atoms with Gasteiger partial charge in [0.1, 0.15) is 0 Å². The molecule has 1 rings (SSSR count). The van der Waals surface area contributed by atoms with E-state index < -0.39 is 6.04 Å². The molecule has 0 radical (unpaired) electrons. The minimum atomic E-state index is -0.440. The van der Waals surface area contributed by atoms with Gasteiger partial charge in [0.15, 0.2) is 0 Å². The molecule has 56 valence electrons. The van der Waals surface area contributed by atoms with E-state index >= 15 is 0 Å². The molecule has 3 heteroatoms. The Balaban J connectivity index is 2.60. The lowest BCUT2D eigenvalue weighted by Gasteiger charge is -1.99. The third-order valence-corrected chi connectivity index (χ3v) is 1.32. The molecule has 0 fully saturated rings. The normalized spacial score (nSPS) is 12.0. The molecule has 0 aliphatic rings. The van der Waals surface area contributed by atoms with Crippen LogP contribution in [0.15, 0.2) is 24.4 Å². The van der Waals surface area contributed by atoms with Crippen LogP contribution >= 0.6 is 0 Å². The van der Waals surface area contributed by atoms with Gasteiger partial charge in [0, 0.05) is 18.3 Å². The van der Waals surface area contributed by atoms with E-state index in [2.05, 4.69) is 4.98 Å². The fraction of sp³-hybridized carbons (Fsp3) is 0.250. The fourth-order valence-electron chi connectivity index (χ4n) is 0.790. The number of aromatic nitrogens is 1. The van der Waals surface area contributed by atoms with Gasteiger partial charge in [-0.25, -0.2) is 0 Å². The van der Waals surface area contributed by atoms with Crippen molar-refractivity contribution in [3.8, 4) is 6.07 Å². The Morgan fingerprint density at radius 2 is 2.45 bits per heavy atom. The largest absolute Gasteiger partial charge is 0.316 e. The lowest BCUT2D eigenvalue weighted by Crippen LogP contribution is -2.20. The average Bonchev–Trinajstić information content (AvgIpc) is 2.06. The topological polar surface area (TPSA) is 62.7 Å². The SMILES string of the molecule is N#C[C@@H](N)Cc1ccccn1. The second-order valence-electron chi connectivity index (χ2n) is 2.26. The third-order valence-electron chi connectivity index (χ3n) is 1.32. The maximum atomic E-state index is 8.39. The number of nitriles is 1. The number of hydrogen-bond donors (Lipinski definition) is 1. The summed E-state index contributed by atoms with van der Waals surface area (Å²) in [5, 5.41) is 8.39. The Morgan fingerprint density at radius 1 is 1.64 bits per heavy atom. The molecule has 1 heterocycles. The van der Waals surface area contributed by atoms with Crippen LogP contribution in [0.3, 0.4) is 0 Å². The Labute approximate surface area is 65.5 Å². The number of rotatable bonds is 2. The predicted octanol–water partition coefficient (Wildman–Crippen LogP) is 0.475. The molecule has 0 spiro atoms. The summed E-state index contributed by atoms with van der Waals surface area (Å²) in [4.78, 5) is 4.04. The summed E-state index contributed by atoms with van der Waals surface area (Å²) in [5.41, 5.74) is 6.27. The van der Waals surface area contributed by atoms with Crippen molar-refractivity contribution in [2.24, 2.45) is 5.73 Å². The fourth-order valence-corrected chi connectivity index (χ4v) is 0.790. The van der Waals surface area contributed by atoms with Crippen LogP contribution < -0.4 is 5.73 Å². The van der Waals surface area contributed by atoms with Gasteiger partial charge in [-0.2, -0.15) is 5.26 Å². The summed E-state index contributed by atoms with van der Waals surface area (Å²) in [6.07, 6.45) is 2.22. The number of pyridine rings is 1. The Bertz CT molecular complexity index is 250. The van der Waals surface area contributed by atoms with E-state index in [0.29, 0.717) is 6.42 Å². The van der Waals surface area contributed by atoms with Crippen molar-refractivity contribution in [2.75, 3.05) is 0 Å². The first-order valence-electron chi connectivity index (χ1n) is 3.38. The highest BCUT2D eigenvalue weighted by Crippen LogP contribution is 1.95. The zero-order chi connectivity index (χ0) is 8.10. The van der Waals surface area contributed by atoms with Gasteiger partial charge < -0.3 is 5.73 Å². The highest BCUT2D eigenvalue weighted by molar-refractivity contribution is 5.07. The summed E-state index contributed by atoms with van der Waals surface area (Å²) in [6.45, 7) is 0. The van der Waals surface area contributed by atoms with Crippen LogP contribution in [0.1, 0.15) is 5.69 Å².